The monoisotopic (exact) mass is 325 g/mol. The Morgan fingerprint density at radius 2 is 1.70 bits per heavy atom. The number of carboxylic acid groups (broad SMARTS) is 1. The molecule has 1 heterocycles. The Hall–Kier alpha value is -1.14. The van der Waals surface area contributed by atoms with Crippen LogP contribution in [0.1, 0.15) is 52.4 Å². The van der Waals surface area contributed by atoms with E-state index in [1.54, 1.807) is 0 Å². The zero-order valence-corrected chi connectivity index (χ0v) is 13.9. The fourth-order valence-corrected chi connectivity index (χ4v) is 4.81. The molecule has 23 heavy (non-hydrogen) atoms. The Kier molecular flexibility index (Phi) is 3.76. The molecular formula is C17H27NO5. The van der Waals surface area contributed by atoms with Crippen LogP contribution in [-0.2, 0) is 9.59 Å². The minimum absolute atomic E-state index is 0.00542. The van der Waals surface area contributed by atoms with Gasteiger partial charge in [0, 0.05) is 13.1 Å². The van der Waals surface area contributed by atoms with Gasteiger partial charge in [-0.15, -0.1) is 0 Å². The second kappa shape index (κ2) is 5.18. The smallest absolute Gasteiger partial charge is 0.319 e. The van der Waals surface area contributed by atoms with E-state index in [0.717, 1.165) is 19.3 Å². The molecule has 1 saturated heterocycles. The molecule has 6 nitrogen and oxygen atoms in total. The maximum absolute atomic E-state index is 13.0. The van der Waals surface area contributed by atoms with Crippen LogP contribution < -0.4 is 0 Å². The molecule has 2 aliphatic carbocycles. The average Bonchev–Trinajstić information content (AvgIpc) is 2.42. The van der Waals surface area contributed by atoms with E-state index in [1.165, 1.54) is 4.90 Å². The Morgan fingerprint density at radius 1 is 1.09 bits per heavy atom. The second-order valence-electron chi connectivity index (χ2n) is 8.78. The zero-order valence-electron chi connectivity index (χ0n) is 13.9. The van der Waals surface area contributed by atoms with Crippen molar-refractivity contribution in [1.29, 1.82) is 0 Å². The van der Waals surface area contributed by atoms with Gasteiger partial charge in [0.15, 0.2) is 0 Å². The summed E-state index contributed by atoms with van der Waals surface area (Å²) in [5.74, 6) is -1.43. The standard InChI is InChI=1S/C17H27NO5/c1-15(2)6-11(19)12(20)7-18(10-15)13(21)17(14(22)23)8-16(9-17)4-3-5-16/h11-12,19-20H,3-10H2,1-2H3,(H,22,23)/t11-,12+/m1/s1. The summed E-state index contributed by atoms with van der Waals surface area (Å²) < 4.78 is 0. The Morgan fingerprint density at radius 3 is 2.17 bits per heavy atom. The molecule has 3 N–H and O–H groups in total. The van der Waals surface area contributed by atoms with E-state index >= 15 is 0 Å². The molecule has 0 aromatic heterocycles. The number of carboxylic acids is 1. The Bertz CT molecular complexity index is 517. The molecule has 1 spiro atoms. The van der Waals surface area contributed by atoms with Crippen LogP contribution in [0.3, 0.4) is 0 Å². The van der Waals surface area contributed by atoms with Crippen molar-refractivity contribution < 1.29 is 24.9 Å². The fraction of sp³-hybridized carbons (Fsp3) is 0.882. The first-order valence-corrected chi connectivity index (χ1v) is 8.48. The molecule has 0 bridgehead atoms. The highest BCUT2D eigenvalue weighted by molar-refractivity contribution is 6.03. The summed E-state index contributed by atoms with van der Waals surface area (Å²) in [6.45, 7) is 4.22. The van der Waals surface area contributed by atoms with Crippen LogP contribution in [0.2, 0.25) is 0 Å². The second-order valence-corrected chi connectivity index (χ2v) is 8.78. The molecule has 0 aromatic rings. The number of likely N-dealkylation sites (tertiary alicyclic amines) is 1. The van der Waals surface area contributed by atoms with Gasteiger partial charge in [-0.05, 0) is 42.9 Å². The van der Waals surface area contributed by atoms with Crippen LogP contribution in [0.25, 0.3) is 0 Å². The summed E-state index contributed by atoms with van der Waals surface area (Å²) in [6.07, 6.45) is 2.47. The van der Waals surface area contributed by atoms with Crippen molar-refractivity contribution in [2.45, 2.75) is 64.6 Å². The van der Waals surface area contributed by atoms with E-state index in [9.17, 15) is 24.9 Å². The minimum atomic E-state index is -1.33. The lowest BCUT2D eigenvalue weighted by molar-refractivity contribution is -0.188. The fourth-order valence-electron chi connectivity index (χ4n) is 4.81. The normalized spacial score (nSPS) is 34.2. The van der Waals surface area contributed by atoms with Crippen LogP contribution in [-0.4, -0.2) is 57.4 Å². The zero-order chi connectivity index (χ0) is 17.0. The van der Waals surface area contributed by atoms with Crippen molar-refractivity contribution in [2.75, 3.05) is 13.1 Å². The lowest BCUT2D eigenvalue weighted by Gasteiger charge is -2.59. The van der Waals surface area contributed by atoms with Gasteiger partial charge >= 0.3 is 5.97 Å². The van der Waals surface area contributed by atoms with Crippen LogP contribution in [0.4, 0.5) is 0 Å². The molecular weight excluding hydrogens is 298 g/mol. The number of carbonyl (C=O) groups excluding carboxylic acids is 1. The molecule has 0 radical (unpaired) electrons. The van der Waals surface area contributed by atoms with Gasteiger partial charge in [-0.1, -0.05) is 20.3 Å². The maximum atomic E-state index is 13.0. The highest BCUT2D eigenvalue weighted by Gasteiger charge is 2.66. The largest absolute Gasteiger partial charge is 0.480 e. The van der Waals surface area contributed by atoms with Crippen LogP contribution in [0, 0.1) is 16.2 Å². The first kappa shape index (κ1) is 16.7. The number of aliphatic hydroxyl groups is 2. The maximum Gasteiger partial charge on any atom is 0.319 e. The number of nitrogens with zero attached hydrogens (tertiary/aromatic N) is 1. The van der Waals surface area contributed by atoms with E-state index in [-0.39, 0.29) is 23.3 Å². The van der Waals surface area contributed by atoms with Gasteiger partial charge in [-0.3, -0.25) is 9.59 Å². The summed E-state index contributed by atoms with van der Waals surface area (Å²) in [7, 11) is 0. The van der Waals surface area contributed by atoms with Crippen molar-refractivity contribution in [3.8, 4) is 0 Å². The van der Waals surface area contributed by atoms with Gasteiger partial charge in [-0.2, -0.15) is 0 Å². The number of rotatable bonds is 2. The number of hydrogen-bond acceptors (Lipinski definition) is 4. The van der Waals surface area contributed by atoms with Gasteiger partial charge in [-0.25, -0.2) is 0 Å². The molecule has 0 unspecified atom stereocenters. The van der Waals surface area contributed by atoms with Crippen molar-refractivity contribution in [1.82, 2.24) is 4.90 Å². The minimum Gasteiger partial charge on any atom is -0.480 e. The first-order valence-electron chi connectivity index (χ1n) is 8.48. The quantitative estimate of drug-likeness (QED) is 0.658. The molecule has 130 valence electrons. The highest BCUT2D eigenvalue weighted by Crippen LogP contribution is 2.65. The summed E-state index contributed by atoms with van der Waals surface area (Å²) in [4.78, 5) is 26.3. The topological polar surface area (TPSA) is 98.1 Å². The summed E-state index contributed by atoms with van der Waals surface area (Å²) in [5.41, 5.74) is -1.62. The molecule has 2 saturated carbocycles. The van der Waals surface area contributed by atoms with Gasteiger partial charge in [0.25, 0.3) is 0 Å². The number of hydrogen-bond donors (Lipinski definition) is 3. The van der Waals surface area contributed by atoms with Gasteiger partial charge in [0.1, 0.15) is 5.41 Å². The first-order chi connectivity index (χ1) is 10.6. The summed E-state index contributed by atoms with van der Waals surface area (Å²) in [6, 6.07) is 0. The van der Waals surface area contributed by atoms with Crippen molar-refractivity contribution in [3.05, 3.63) is 0 Å². The van der Waals surface area contributed by atoms with E-state index in [0.29, 0.717) is 25.8 Å². The highest BCUT2D eigenvalue weighted by atomic mass is 16.4. The molecule has 1 aliphatic heterocycles. The predicted octanol–water partition coefficient (Wildman–Crippen LogP) is 1.00. The number of aliphatic carboxylic acids is 1. The third kappa shape index (κ3) is 2.66. The molecule has 6 heteroatoms. The Balaban J connectivity index is 1.81. The van der Waals surface area contributed by atoms with Crippen LogP contribution >= 0.6 is 0 Å². The predicted molar refractivity (Wildman–Crippen MR) is 82.6 cm³/mol. The van der Waals surface area contributed by atoms with Crippen molar-refractivity contribution >= 4 is 11.9 Å². The van der Waals surface area contributed by atoms with Gasteiger partial charge in [0.2, 0.25) is 5.91 Å². The molecule has 3 rings (SSSR count). The number of aliphatic hydroxyl groups excluding tert-OH is 2. The van der Waals surface area contributed by atoms with Crippen molar-refractivity contribution in [2.24, 2.45) is 16.2 Å². The lowest BCUT2D eigenvalue weighted by Crippen LogP contribution is -2.62. The van der Waals surface area contributed by atoms with Gasteiger partial charge in [0.05, 0.1) is 12.2 Å². The number of β-amino-alcohol motifs (C(OH)–C–C–N with tert-alkyl or cyclic N) is 1. The van der Waals surface area contributed by atoms with E-state index in [2.05, 4.69) is 0 Å². The summed E-state index contributed by atoms with van der Waals surface area (Å²) >= 11 is 0. The summed E-state index contributed by atoms with van der Waals surface area (Å²) in [5, 5.41) is 29.8. The third-order valence-electron chi connectivity index (χ3n) is 6.11. The molecule has 2 atom stereocenters. The lowest BCUT2D eigenvalue weighted by atomic mass is 9.45. The number of amides is 1. The Labute approximate surface area is 136 Å². The van der Waals surface area contributed by atoms with Crippen LogP contribution in [0.5, 0.6) is 0 Å². The van der Waals surface area contributed by atoms with Crippen molar-refractivity contribution in [3.63, 3.8) is 0 Å². The average molecular weight is 325 g/mol. The third-order valence-corrected chi connectivity index (χ3v) is 6.11. The van der Waals surface area contributed by atoms with E-state index < -0.39 is 23.6 Å². The van der Waals surface area contributed by atoms with Crippen LogP contribution in [0.15, 0.2) is 0 Å². The van der Waals surface area contributed by atoms with E-state index in [1.807, 2.05) is 13.8 Å². The molecule has 0 aromatic carbocycles. The molecule has 1 amide bonds. The molecule has 3 aliphatic rings. The van der Waals surface area contributed by atoms with E-state index in [4.69, 9.17) is 0 Å². The number of carbonyl (C=O) groups is 2. The SMILES string of the molecule is CC1(C)C[C@@H](O)[C@@H](O)CN(C(=O)C2(C(=O)O)CC3(CCC3)C2)C1. The van der Waals surface area contributed by atoms with Gasteiger partial charge < -0.3 is 20.2 Å². The molecule has 3 fully saturated rings.